The lowest BCUT2D eigenvalue weighted by molar-refractivity contribution is -0.141. The fraction of sp³-hybridized carbons (Fsp3) is 0.161. The normalized spacial score (nSPS) is 12.9. The maximum absolute atomic E-state index is 12.5. The van der Waals surface area contributed by atoms with Crippen LogP contribution in [0, 0.1) is 5.92 Å². The maximum atomic E-state index is 12.5. The topological polar surface area (TPSA) is 75.6 Å². The number of carboxylic acids is 1. The number of hydrogen-bond acceptors (Lipinski definition) is 3. The second-order valence-electron chi connectivity index (χ2n) is 9.01. The van der Waals surface area contributed by atoms with Crippen LogP contribution in [0.3, 0.4) is 0 Å². The zero-order valence-electron chi connectivity index (χ0n) is 19.8. The van der Waals surface area contributed by atoms with Crippen molar-refractivity contribution in [3.05, 3.63) is 120 Å². The molecule has 0 saturated heterocycles. The van der Waals surface area contributed by atoms with E-state index in [1.165, 1.54) is 0 Å². The monoisotopic (exact) mass is 477 g/mol. The number of ether oxygens (including phenoxy) is 1. The van der Waals surface area contributed by atoms with Gasteiger partial charge in [0.1, 0.15) is 6.61 Å². The number of rotatable bonds is 8. The van der Waals surface area contributed by atoms with Crippen molar-refractivity contribution in [2.24, 2.45) is 5.92 Å². The Morgan fingerprint density at radius 3 is 1.92 bits per heavy atom. The lowest BCUT2D eigenvalue weighted by Crippen LogP contribution is -2.35. The van der Waals surface area contributed by atoms with Gasteiger partial charge < -0.3 is 15.2 Å². The van der Waals surface area contributed by atoms with Crippen LogP contribution in [0.25, 0.3) is 22.3 Å². The summed E-state index contributed by atoms with van der Waals surface area (Å²) in [5.41, 5.74) is 7.66. The number of nitrogens with one attached hydrogen (secondary N) is 1. The number of fused-ring (bicyclic) bond motifs is 3. The predicted molar refractivity (Wildman–Crippen MR) is 140 cm³/mol. The summed E-state index contributed by atoms with van der Waals surface area (Å²) in [7, 11) is 0. The minimum absolute atomic E-state index is 0.00750. The SMILES string of the molecule is O=C(NCC(Cc1ccc(-c2ccccc2)cc1)C(=O)O)OCC1c2ccccc2-c2ccccc21. The number of benzene rings is 4. The van der Waals surface area contributed by atoms with Gasteiger partial charge in [-0.2, -0.15) is 0 Å². The largest absolute Gasteiger partial charge is 0.481 e. The van der Waals surface area contributed by atoms with Crippen molar-refractivity contribution < 1.29 is 19.4 Å². The molecule has 4 aromatic carbocycles. The highest BCUT2D eigenvalue weighted by Crippen LogP contribution is 2.44. The first kappa shape index (κ1) is 23.4. The molecular formula is C31H27NO4. The molecule has 180 valence electrons. The van der Waals surface area contributed by atoms with Crippen LogP contribution >= 0.6 is 0 Å². The lowest BCUT2D eigenvalue weighted by Gasteiger charge is -2.16. The molecule has 0 bridgehead atoms. The summed E-state index contributed by atoms with van der Waals surface area (Å²) in [6.45, 7) is 0.186. The smallest absolute Gasteiger partial charge is 0.407 e. The van der Waals surface area contributed by atoms with Gasteiger partial charge in [-0.3, -0.25) is 4.79 Å². The van der Waals surface area contributed by atoms with Crippen molar-refractivity contribution in [2.75, 3.05) is 13.2 Å². The molecule has 4 aromatic rings. The second-order valence-corrected chi connectivity index (χ2v) is 9.01. The molecule has 0 saturated carbocycles. The molecule has 0 aliphatic heterocycles. The molecule has 1 atom stereocenters. The number of hydrogen-bond donors (Lipinski definition) is 2. The van der Waals surface area contributed by atoms with Crippen LogP contribution in [-0.4, -0.2) is 30.3 Å². The minimum atomic E-state index is -0.957. The summed E-state index contributed by atoms with van der Waals surface area (Å²) >= 11 is 0. The summed E-state index contributed by atoms with van der Waals surface area (Å²) in [6, 6.07) is 34.1. The van der Waals surface area contributed by atoms with Crippen LogP contribution < -0.4 is 5.32 Å². The van der Waals surface area contributed by atoms with Crippen LogP contribution in [0.15, 0.2) is 103 Å². The van der Waals surface area contributed by atoms with Crippen molar-refractivity contribution >= 4 is 12.1 Å². The third kappa shape index (κ3) is 5.01. The first-order valence-electron chi connectivity index (χ1n) is 12.1. The van der Waals surface area contributed by atoms with Gasteiger partial charge in [-0.25, -0.2) is 4.79 Å². The van der Waals surface area contributed by atoms with Crippen molar-refractivity contribution in [1.29, 1.82) is 0 Å². The summed E-state index contributed by atoms with van der Waals surface area (Å²) in [5, 5.41) is 12.4. The average Bonchev–Trinajstić information content (AvgIpc) is 3.24. The van der Waals surface area contributed by atoms with Crippen molar-refractivity contribution in [3.63, 3.8) is 0 Å². The van der Waals surface area contributed by atoms with Crippen LogP contribution in [-0.2, 0) is 16.0 Å². The van der Waals surface area contributed by atoms with Gasteiger partial charge in [0.25, 0.3) is 0 Å². The summed E-state index contributed by atoms with van der Waals surface area (Å²) in [6.07, 6.45) is -0.295. The zero-order chi connectivity index (χ0) is 24.9. The van der Waals surface area contributed by atoms with E-state index < -0.39 is 18.0 Å². The van der Waals surface area contributed by atoms with Gasteiger partial charge in [0.05, 0.1) is 5.92 Å². The Hall–Kier alpha value is -4.38. The number of carboxylic acid groups (broad SMARTS) is 1. The molecule has 2 N–H and O–H groups in total. The van der Waals surface area contributed by atoms with Crippen molar-refractivity contribution in [2.45, 2.75) is 12.3 Å². The minimum Gasteiger partial charge on any atom is -0.481 e. The summed E-state index contributed by atoms with van der Waals surface area (Å²) in [5.74, 6) is -1.75. The van der Waals surface area contributed by atoms with Crippen LogP contribution in [0.2, 0.25) is 0 Å². The van der Waals surface area contributed by atoms with E-state index in [0.717, 1.165) is 38.9 Å². The quantitative estimate of drug-likeness (QED) is 0.320. The molecule has 0 fully saturated rings. The number of amides is 1. The van der Waals surface area contributed by atoms with Crippen molar-refractivity contribution in [3.8, 4) is 22.3 Å². The Balaban J connectivity index is 1.17. The molecule has 0 aromatic heterocycles. The first-order valence-corrected chi connectivity index (χ1v) is 12.1. The number of carbonyl (C=O) groups is 2. The third-order valence-corrected chi connectivity index (χ3v) is 6.73. The molecule has 5 rings (SSSR count). The average molecular weight is 478 g/mol. The molecule has 0 heterocycles. The molecule has 1 aliphatic rings. The highest BCUT2D eigenvalue weighted by molar-refractivity contribution is 5.79. The van der Waals surface area contributed by atoms with Crippen LogP contribution in [0.5, 0.6) is 0 Å². The fourth-order valence-electron chi connectivity index (χ4n) is 4.85. The molecule has 0 spiro atoms. The molecule has 5 heteroatoms. The fourth-order valence-corrected chi connectivity index (χ4v) is 4.85. The number of carbonyl (C=O) groups excluding carboxylic acids is 1. The molecule has 1 amide bonds. The number of alkyl carbamates (subject to hydrolysis) is 1. The van der Waals surface area contributed by atoms with Gasteiger partial charge in [-0.1, -0.05) is 103 Å². The Kier molecular flexibility index (Phi) is 6.80. The standard InChI is InChI=1S/C31H27NO4/c33-30(34)24(18-21-14-16-23(17-15-21)22-8-2-1-3-9-22)19-32-31(35)36-20-29-27-12-6-4-10-25(27)26-11-5-7-13-28(26)29/h1-17,24,29H,18-20H2,(H,32,35)(H,33,34). The highest BCUT2D eigenvalue weighted by Gasteiger charge is 2.29. The van der Waals surface area contributed by atoms with E-state index in [1.54, 1.807) is 0 Å². The Labute approximate surface area is 210 Å². The Bertz CT molecular complexity index is 1320. The number of aliphatic carboxylic acids is 1. The van der Waals surface area contributed by atoms with E-state index in [-0.39, 0.29) is 19.1 Å². The molecule has 0 radical (unpaired) electrons. The second kappa shape index (κ2) is 10.5. The molecule has 1 aliphatic carbocycles. The van der Waals surface area contributed by atoms with Gasteiger partial charge in [0, 0.05) is 12.5 Å². The molecule has 5 nitrogen and oxygen atoms in total. The Morgan fingerprint density at radius 1 is 0.750 bits per heavy atom. The highest BCUT2D eigenvalue weighted by atomic mass is 16.5. The van der Waals surface area contributed by atoms with E-state index in [0.29, 0.717) is 6.42 Å². The van der Waals surface area contributed by atoms with Crippen LogP contribution in [0.1, 0.15) is 22.6 Å². The summed E-state index contributed by atoms with van der Waals surface area (Å²) < 4.78 is 5.54. The zero-order valence-corrected chi connectivity index (χ0v) is 19.8. The van der Waals surface area contributed by atoms with Gasteiger partial charge in [0.2, 0.25) is 0 Å². The maximum Gasteiger partial charge on any atom is 0.407 e. The van der Waals surface area contributed by atoms with Gasteiger partial charge in [-0.15, -0.1) is 0 Å². The van der Waals surface area contributed by atoms with Gasteiger partial charge in [-0.05, 0) is 45.4 Å². The summed E-state index contributed by atoms with van der Waals surface area (Å²) in [4.78, 5) is 24.3. The van der Waals surface area contributed by atoms with Crippen LogP contribution in [0.4, 0.5) is 4.79 Å². The Morgan fingerprint density at radius 2 is 1.31 bits per heavy atom. The third-order valence-electron chi connectivity index (χ3n) is 6.73. The molecular weight excluding hydrogens is 450 g/mol. The lowest BCUT2D eigenvalue weighted by atomic mass is 9.97. The van der Waals surface area contributed by atoms with Crippen molar-refractivity contribution in [1.82, 2.24) is 5.32 Å². The van der Waals surface area contributed by atoms with E-state index in [4.69, 9.17) is 4.74 Å². The first-order chi connectivity index (χ1) is 17.6. The molecule has 36 heavy (non-hydrogen) atoms. The van der Waals surface area contributed by atoms with E-state index in [9.17, 15) is 14.7 Å². The van der Waals surface area contributed by atoms with E-state index in [1.807, 2.05) is 78.9 Å². The van der Waals surface area contributed by atoms with Gasteiger partial charge in [0.15, 0.2) is 0 Å². The molecule has 1 unspecified atom stereocenters. The van der Waals surface area contributed by atoms with E-state index >= 15 is 0 Å². The predicted octanol–water partition coefficient (Wildman–Crippen LogP) is 6.14. The van der Waals surface area contributed by atoms with Gasteiger partial charge >= 0.3 is 12.1 Å². The van der Waals surface area contributed by atoms with E-state index in [2.05, 4.69) is 29.6 Å².